The van der Waals surface area contributed by atoms with Crippen LogP contribution in [0.1, 0.15) is 12.5 Å². The van der Waals surface area contributed by atoms with Gasteiger partial charge in [-0.1, -0.05) is 24.3 Å². The van der Waals surface area contributed by atoms with E-state index in [4.69, 9.17) is 9.47 Å². The van der Waals surface area contributed by atoms with Gasteiger partial charge in [-0.2, -0.15) is 0 Å². The van der Waals surface area contributed by atoms with Gasteiger partial charge in [0.15, 0.2) is 0 Å². The smallest absolute Gasteiger partial charge is 0.496 e. The van der Waals surface area contributed by atoms with Crippen LogP contribution < -0.4 is 9.47 Å². The van der Waals surface area contributed by atoms with Crippen LogP contribution in [0.3, 0.4) is 0 Å². The second-order valence-electron chi connectivity index (χ2n) is 6.49. The van der Waals surface area contributed by atoms with Gasteiger partial charge in [-0.3, -0.25) is 0 Å². The highest BCUT2D eigenvalue weighted by Crippen LogP contribution is 2.39. The molecule has 0 fully saturated rings. The van der Waals surface area contributed by atoms with Crippen molar-refractivity contribution in [3.63, 3.8) is 0 Å². The summed E-state index contributed by atoms with van der Waals surface area (Å²) >= 11 is 1.18. The first-order valence-electron chi connectivity index (χ1n) is 9.43. The van der Waals surface area contributed by atoms with E-state index in [0.29, 0.717) is 5.75 Å². The Bertz CT molecular complexity index is 1140. The highest BCUT2D eigenvalue weighted by Gasteiger charge is 2.34. The van der Waals surface area contributed by atoms with Gasteiger partial charge in [0.1, 0.15) is 23.9 Å². The summed E-state index contributed by atoms with van der Waals surface area (Å²) in [5.74, 6) is -2.02. The summed E-state index contributed by atoms with van der Waals surface area (Å²) in [7, 11) is 0. The summed E-state index contributed by atoms with van der Waals surface area (Å²) in [5, 5.41) is 1.52. The van der Waals surface area contributed by atoms with E-state index in [2.05, 4.69) is 9.72 Å². The number of alkyl halides is 3. The number of hydrogen-bond donors (Lipinski definition) is 0. The van der Waals surface area contributed by atoms with Crippen molar-refractivity contribution in [1.82, 2.24) is 4.98 Å². The van der Waals surface area contributed by atoms with E-state index >= 15 is 0 Å². The minimum atomic E-state index is -5.03. The number of para-hydroxylation sites is 2. The molecule has 2 aromatic carbocycles. The van der Waals surface area contributed by atoms with Crippen LogP contribution >= 0.6 is 11.3 Å². The molecule has 5 nitrogen and oxygen atoms in total. The number of nitrogens with zero attached hydrogens (tertiary/aromatic N) is 1. The topological polar surface area (TPSA) is 57.7 Å². The van der Waals surface area contributed by atoms with E-state index in [1.165, 1.54) is 41.3 Å². The third kappa shape index (κ3) is 6.91. The first-order valence-corrected chi connectivity index (χ1v) is 10.4. The van der Waals surface area contributed by atoms with Crippen molar-refractivity contribution >= 4 is 23.1 Å². The summed E-state index contributed by atoms with van der Waals surface area (Å²) in [6.45, 7) is 1.09. The molecule has 0 spiro atoms. The molecule has 172 valence electrons. The second-order valence-corrected chi connectivity index (χ2v) is 7.21. The fourth-order valence-electron chi connectivity index (χ4n) is 2.63. The lowest BCUT2D eigenvalue weighted by atomic mass is 10.1. The van der Waals surface area contributed by atoms with Crippen LogP contribution in [-0.4, -0.2) is 23.9 Å². The average molecular weight is 479 g/mol. The zero-order valence-electron chi connectivity index (χ0n) is 17.1. The van der Waals surface area contributed by atoms with E-state index in [-0.39, 0.29) is 23.4 Å². The number of aromatic nitrogens is 1. The first-order chi connectivity index (χ1) is 15.7. The maximum absolute atomic E-state index is 14.8. The Morgan fingerprint density at radius 2 is 1.88 bits per heavy atom. The Morgan fingerprint density at radius 1 is 1.12 bits per heavy atom. The van der Waals surface area contributed by atoms with Crippen molar-refractivity contribution in [2.75, 3.05) is 6.61 Å². The normalized spacial score (nSPS) is 12.4. The van der Waals surface area contributed by atoms with E-state index in [1.54, 1.807) is 30.3 Å². The molecule has 3 aromatic rings. The van der Waals surface area contributed by atoms with Crippen molar-refractivity contribution < 1.29 is 36.6 Å². The number of carbonyl (C=O) groups is 1. The van der Waals surface area contributed by atoms with Gasteiger partial charge in [-0.25, -0.2) is 14.2 Å². The zero-order chi connectivity index (χ0) is 23.8. The van der Waals surface area contributed by atoms with Crippen LogP contribution in [0.15, 0.2) is 77.3 Å². The van der Waals surface area contributed by atoms with Gasteiger partial charge in [0, 0.05) is 10.9 Å². The number of esters is 1. The van der Waals surface area contributed by atoms with Crippen LogP contribution in [-0.2, 0) is 9.53 Å². The van der Waals surface area contributed by atoms with Gasteiger partial charge in [0.25, 0.3) is 0 Å². The van der Waals surface area contributed by atoms with Crippen LogP contribution in [0.25, 0.3) is 17.1 Å². The van der Waals surface area contributed by atoms with Crippen molar-refractivity contribution in [3.8, 4) is 22.8 Å². The number of benzene rings is 2. The van der Waals surface area contributed by atoms with E-state index in [1.807, 2.05) is 0 Å². The molecule has 33 heavy (non-hydrogen) atoms. The van der Waals surface area contributed by atoms with Gasteiger partial charge in [-0.15, -0.1) is 24.5 Å². The molecular formula is C23H17F4NO4S. The molecule has 1 heterocycles. The van der Waals surface area contributed by atoms with Crippen molar-refractivity contribution in [1.29, 1.82) is 0 Å². The Balaban J connectivity index is 1.73. The Hall–Kier alpha value is -3.66. The molecule has 1 aromatic heterocycles. The largest absolute Gasteiger partial charge is 0.573 e. The van der Waals surface area contributed by atoms with Crippen LogP contribution in [0.2, 0.25) is 0 Å². The molecule has 0 N–H and O–H groups in total. The number of halogens is 4. The molecule has 10 heteroatoms. The molecule has 0 aliphatic rings. The molecule has 0 saturated heterocycles. The van der Waals surface area contributed by atoms with E-state index in [9.17, 15) is 22.4 Å². The minimum absolute atomic E-state index is 0.00468. The first kappa shape index (κ1) is 24.0. The molecule has 0 aliphatic heterocycles. The molecule has 0 radical (unpaired) electrons. The predicted molar refractivity (Wildman–Crippen MR) is 115 cm³/mol. The average Bonchev–Trinajstić information content (AvgIpc) is 3.31. The fourth-order valence-corrected chi connectivity index (χ4v) is 3.18. The van der Waals surface area contributed by atoms with Gasteiger partial charge in [0.2, 0.25) is 0 Å². The number of carbonyl (C=O) groups excluding carboxylic acids is 1. The summed E-state index contributed by atoms with van der Waals surface area (Å²) in [6, 6.07) is 12.3. The molecular weight excluding hydrogens is 462 g/mol. The number of hydrogen-bond acceptors (Lipinski definition) is 6. The number of thiazole rings is 1. The SMILES string of the molecule is C/C(=C\OC/C=C(\F)c1cccc(-c2cscn2)c1OC(F)(F)F)C(=O)Oc1ccccc1. The van der Waals surface area contributed by atoms with Crippen LogP contribution in [0.4, 0.5) is 17.6 Å². The Labute approximate surface area is 190 Å². The second kappa shape index (κ2) is 10.8. The highest BCUT2D eigenvalue weighted by atomic mass is 32.1. The van der Waals surface area contributed by atoms with Crippen molar-refractivity contribution in [3.05, 3.63) is 82.9 Å². The molecule has 0 saturated carbocycles. The standard InChI is InChI=1S/C23H17F4NO4S/c1-15(22(29)31-16-6-3-2-4-7-16)12-30-11-10-19(24)17-8-5-9-18(20-13-33-14-28-20)21(17)32-23(25,26)27/h2-10,12-14H,11H2,1H3/b15-12+,19-10-. The summed E-state index contributed by atoms with van der Waals surface area (Å²) in [5.41, 5.74) is 1.36. The lowest BCUT2D eigenvalue weighted by molar-refractivity contribution is -0.274. The van der Waals surface area contributed by atoms with Gasteiger partial charge in [-0.05, 0) is 37.3 Å². The summed E-state index contributed by atoms with van der Waals surface area (Å²) in [4.78, 5) is 16.0. The summed E-state index contributed by atoms with van der Waals surface area (Å²) in [6.07, 6.45) is -3.03. The predicted octanol–water partition coefficient (Wildman–Crippen LogP) is 6.55. The van der Waals surface area contributed by atoms with Crippen molar-refractivity contribution in [2.24, 2.45) is 0 Å². The van der Waals surface area contributed by atoms with Crippen molar-refractivity contribution in [2.45, 2.75) is 13.3 Å². The van der Waals surface area contributed by atoms with E-state index in [0.717, 1.165) is 18.4 Å². The van der Waals surface area contributed by atoms with Gasteiger partial charge < -0.3 is 14.2 Å². The molecule has 0 aliphatic carbocycles. The van der Waals surface area contributed by atoms with Crippen LogP contribution in [0, 0.1) is 0 Å². The third-order valence-electron chi connectivity index (χ3n) is 4.09. The molecule has 0 atom stereocenters. The highest BCUT2D eigenvalue weighted by molar-refractivity contribution is 7.07. The Kier molecular flexibility index (Phi) is 7.83. The Morgan fingerprint density at radius 3 is 2.55 bits per heavy atom. The monoisotopic (exact) mass is 479 g/mol. The lowest BCUT2D eigenvalue weighted by Crippen LogP contribution is -2.18. The lowest BCUT2D eigenvalue weighted by Gasteiger charge is -2.15. The molecule has 0 bridgehead atoms. The fraction of sp³-hybridized carbons (Fsp3) is 0.130. The molecule has 0 unspecified atom stereocenters. The van der Waals surface area contributed by atoms with Gasteiger partial charge in [0.05, 0.1) is 28.6 Å². The molecule has 0 amide bonds. The van der Waals surface area contributed by atoms with E-state index < -0.39 is 29.5 Å². The summed E-state index contributed by atoms with van der Waals surface area (Å²) < 4.78 is 68.1. The maximum Gasteiger partial charge on any atom is 0.573 e. The number of ether oxygens (including phenoxy) is 3. The molecule has 3 rings (SSSR count). The maximum atomic E-state index is 14.8. The third-order valence-corrected chi connectivity index (χ3v) is 4.68. The number of rotatable bonds is 8. The quantitative estimate of drug-likeness (QED) is 0.0917. The minimum Gasteiger partial charge on any atom is -0.496 e. The van der Waals surface area contributed by atoms with Gasteiger partial charge >= 0.3 is 12.3 Å². The van der Waals surface area contributed by atoms with Crippen LogP contribution in [0.5, 0.6) is 11.5 Å². The zero-order valence-corrected chi connectivity index (χ0v) is 18.0.